The van der Waals surface area contributed by atoms with E-state index in [-0.39, 0.29) is 24.6 Å². The second-order valence-corrected chi connectivity index (χ2v) is 11.8. The van der Waals surface area contributed by atoms with Crippen molar-refractivity contribution in [2.75, 3.05) is 26.8 Å². The third-order valence-electron chi connectivity index (χ3n) is 5.92. The second kappa shape index (κ2) is 12.0. The number of sulfonamides is 1. The van der Waals surface area contributed by atoms with Crippen molar-refractivity contribution < 1.29 is 32.2 Å². The highest BCUT2D eigenvalue weighted by atomic mass is 32.2. The van der Waals surface area contributed by atoms with Gasteiger partial charge in [-0.1, -0.05) is 12.1 Å². The Balaban J connectivity index is 1.92. The number of methoxy groups -OCH3 is 1. The van der Waals surface area contributed by atoms with Gasteiger partial charge in [-0.05, 0) is 82.5 Å². The van der Waals surface area contributed by atoms with E-state index in [4.69, 9.17) is 14.2 Å². The van der Waals surface area contributed by atoms with E-state index in [9.17, 15) is 18.0 Å². The van der Waals surface area contributed by atoms with Crippen molar-refractivity contribution >= 4 is 22.1 Å². The molecule has 1 heterocycles. The van der Waals surface area contributed by atoms with Gasteiger partial charge in [0.15, 0.2) is 0 Å². The number of rotatable bonds is 8. The molecule has 0 bridgehead atoms. The fraction of sp³-hybridized carbons (Fsp3) is 0.481. The van der Waals surface area contributed by atoms with Crippen molar-refractivity contribution in [1.29, 1.82) is 0 Å². The Hall–Kier alpha value is -3.11. The molecule has 0 spiro atoms. The van der Waals surface area contributed by atoms with E-state index >= 15 is 0 Å². The predicted octanol–water partition coefficient (Wildman–Crippen LogP) is 4.46. The second-order valence-electron chi connectivity index (χ2n) is 9.87. The van der Waals surface area contributed by atoms with Gasteiger partial charge in [-0.2, -0.15) is 4.31 Å². The number of likely N-dealkylation sites (tertiary alicyclic amines) is 1. The van der Waals surface area contributed by atoms with E-state index in [0.29, 0.717) is 36.3 Å². The third-order valence-corrected chi connectivity index (χ3v) is 7.84. The molecule has 3 rings (SSSR count). The van der Waals surface area contributed by atoms with Crippen molar-refractivity contribution in [3.63, 3.8) is 0 Å². The molecule has 1 aliphatic heterocycles. The number of ether oxygens (including phenoxy) is 3. The number of amides is 1. The maximum absolute atomic E-state index is 13.9. The first kappa shape index (κ1) is 28.5. The molecule has 0 saturated carbocycles. The van der Waals surface area contributed by atoms with Gasteiger partial charge in [-0.25, -0.2) is 18.0 Å². The minimum absolute atomic E-state index is 0.0737. The largest absolute Gasteiger partial charge is 0.497 e. The van der Waals surface area contributed by atoms with Crippen LogP contribution in [0, 0.1) is 0 Å². The molecule has 1 atom stereocenters. The number of carbonyl (C=O) groups excluding carboxylic acids is 2. The lowest BCUT2D eigenvalue weighted by Gasteiger charge is -2.39. The van der Waals surface area contributed by atoms with Gasteiger partial charge in [0.05, 0.1) is 24.2 Å². The highest BCUT2D eigenvalue weighted by Crippen LogP contribution is 2.28. The number of esters is 1. The van der Waals surface area contributed by atoms with E-state index in [1.54, 1.807) is 69.0 Å². The number of hydrogen-bond acceptors (Lipinski definition) is 7. The summed E-state index contributed by atoms with van der Waals surface area (Å²) in [5.74, 6) is 0.117. The molecule has 0 radical (unpaired) electrons. The average molecular weight is 533 g/mol. The predicted molar refractivity (Wildman–Crippen MR) is 139 cm³/mol. The highest BCUT2D eigenvalue weighted by molar-refractivity contribution is 7.89. The van der Waals surface area contributed by atoms with Gasteiger partial charge in [-0.3, -0.25) is 0 Å². The lowest BCUT2D eigenvalue weighted by atomic mass is 10.1. The maximum Gasteiger partial charge on any atom is 0.410 e. The molecule has 0 aromatic heterocycles. The normalized spacial score (nSPS) is 16.4. The summed E-state index contributed by atoms with van der Waals surface area (Å²) in [4.78, 5) is 26.5. The van der Waals surface area contributed by atoms with Gasteiger partial charge < -0.3 is 19.1 Å². The van der Waals surface area contributed by atoms with Crippen molar-refractivity contribution in [2.24, 2.45) is 0 Å². The molecule has 9 nitrogen and oxygen atoms in total. The summed E-state index contributed by atoms with van der Waals surface area (Å²) in [7, 11) is -2.42. The summed E-state index contributed by atoms with van der Waals surface area (Å²) in [6, 6.07) is 12.5. The number of benzene rings is 2. The lowest BCUT2D eigenvalue weighted by molar-refractivity contribution is 0.0152. The molecule has 1 unspecified atom stereocenters. The molecule has 1 amide bonds. The van der Waals surface area contributed by atoms with Crippen LogP contribution in [0.5, 0.6) is 5.75 Å². The van der Waals surface area contributed by atoms with Gasteiger partial charge in [0.1, 0.15) is 11.4 Å². The summed E-state index contributed by atoms with van der Waals surface area (Å²) < 4.78 is 44.9. The zero-order valence-corrected chi connectivity index (χ0v) is 22.9. The van der Waals surface area contributed by atoms with E-state index in [0.717, 1.165) is 0 Å². The van der Waals surface area contributed by atoms with Crippen LogP contribution in [0.25, 0.3) is 0 Å². The van der Waals surface area contributed by atoms with Gasteiger partial charge in [0, 0.05) is 25.7 Å². The smallest absolute Gasteiger partial charge is 0.410 e. The van der Waals surface area contributed by atoms with Crippen molar-refractivity contribution in [3.8, 4) is 5.75 Å². The zero-order chi connectivity index (χ0) is 27.2. The van der Waals surface area contributed by atoms with Crippen LogP contribution in [0.3, 0.4) is 0 Å². The number of nitrogens with zero attached hydrogens (tertiary/aromatic N) is 2. The minimum atomic E-state index is -3.94. The maximum atomic E-state index is 13.9. The van der Waals surface area contributed by atoms with Crippen molar-refractivity contribution in [1.82, 2.24) is 9.21 Å². The van der Waals surface area contributed by atoms with Gasteiger partial charge in [0.25, 0.3) is 0 Å². The molecule has 2 aromatic carbocycles. The van der Waals surface area contributed by atoms with Gasteiger partial charge in [-0.15, -0.1) is 0 Å². The summed E-state index contributed by atoms with van der Waals surface area (Å²) in [5, 5.41) is 0. The van der Waals surface area contributed by atoms with Crippen molar-refractivity contribution in [2.45, 2.75) is 63.6 Å². The quantitative estimate of drug-likeness (QED) is 0.463. The van der Waals surface area contributed by atoms with E-state index in [2.05, 4.69) is 0 Å². The highest BCUT2D eigenvalue weighted by Gasteiger charge is 2.36. The van der Waals surface area contributed by atoms with Crippen LogP contribution in [0.2, 0.25) is 0 Å². The number of carbonyl (C=O) groups is 2. The number of piperidine rings is 1. The average Bonchev–Trinajstić information content (AvgIpc) is 2.86. The zero-order valence-electron chi connectivity index (χ0n) is 22.1. The van der Waals surface area contributed by atoms with Crippen LogP contribution >= 0.6 is 0 Å². The Labute approximate surface area is 219 Å². The van der Waals surface area contributed by atoms with Crippen LogP contribution < -0.4 is 4.74 Å². The molecular formula is C27H36N2O7S. The van der Waals surface area contributed by atoms with E-state index < -0.39 is 33.7 Å². The molecule has 10 heteroatoms. The third kappa shape index (κ3) is 7.45. The van der Waals surface area contributed by atoms with Crippen LogP contribution in [0.15, 0.2) is 53.4 Å². The fourth-order valence-corrected chi connectivity index (χ4v) is 5.75. The van der Waals surface area contributed by atoms with E-state index in [1.165, 1.54) is 23.5 Å². The molecule has 2 aromatic rings. The van der Waals surface area contributed by atoms with Crippen LogP contribution in [-0.4, -0.2) is 68.1 Å². The summed E-state index contributed by atoms with van der Waals surface area (Å²) in [6.45, 7) is 8.18. The molecule has 1 saturated heterocycles. The summed E-state index contributed by atoms with van der Waals surface area (Å²) in [5.41, 5.74) is 0.447. The first-order valence-corrected chi connectivity index (χ1v) is 13.8. The fourth-order valence-electron chi connectivity index (χ4n) is 4.12. The van der Waals surface area contributed by atoms with Crippen molar-refractivity contribution in [3.05, 3.63) is 59.7 Å². The summed E-state index contributed by atoms with van der Waals surface area (Å²) in [6.07, 6.45) is 0.772. The van der Waals surface area contributed by atoms with Crippen LogP contribution in [-0.2, 0) is 26.0 Å². The number of hydrogen-bond donors (Lipinski definition) is 0. The minimum Gasteiger partial charge on any atom is -0.497 e. The molecule has 1 aliphatic rings. The molecule has 1 fully saturated rings. The molecule has 37 heavy (non-hydrogen) atoms. The monoisotopic (exact) mass is 532 g/mol. The molecule has 0 N–H and O–H groups in total. The van der Waals surface area contributed by atoms with Crippen LogP contribution in [0.4, 0.5) is 4.79 Å². The van der Waals surface area contributed by atoms with E-state index in [1.807, 2.05) is 0 Å². The molecule has 202 valence electrons. The Kier molecular flexibility index (Phi) is 9.20. The topological polar surface area (TPSA) is 102 Å². The van der Waals surface area contributed by atoms with Gasteiger partial charge >= 0.3 is 12.1 Å². The van der Waals surface area contributed by atoms with Crippen LogP contribution in [0.1, 0.15) is 56.5 Å². The standard InChI is InChI=1S/C27H36N2O7S/c1-6-35-25(30)21-11-9-20(10-12-21)18-29(37(32,33)24-15-13-23(34-5)14-16-24)22-8-7-17-28(19-22)26(31)36-27(2,3)4/h9-16,22H,6-8,17-19H2,1-5H3. The Bertz CT molecular complexity index is 1170. The SMILES string of the molecule is CCOC(=O)c1ccc(CN(C2CCCN(C(=O)OC(C)(C)C)C2)S(=O)(=O)c2ccc(OC)cc2)cc1. The Morgan fingerprint density at radius 2 is 1.70 bits per heavy atom. The summed E-state index contributed by atoms with van der Waals surface area (Å²) >= 11 is 0. The Morgan fingerprint density at radius 3 is 2.27 bits per heavy atom. The lowest BCUT2D eigenvalue weighted by Crippen LogP contribution is -2.52. The van der Waals surface area contributed by atoms with Gasteiger partial charge in [0.2, 0.25) is 10.0 Å². The molecule has 0 aliphatic carbocycles. The molecular weight excluding hydrogens is 496 g/mol. The Morgan fingerprint density at radius 1 is 1.05 bits per heavy atom. The first-order valence-electron chi connectivity index (χ1n) is 12.3. The first-order chi connectivity index (χ1) is 17.4.